The molecule has 5 heteroatoms. The molecule has 4 aliphatic carbocycles. The second-order valence-electron chi connectivity index (χ2n) is 7.92. The highest BCUT2D eigenvalue weighted by molar-refractivity contribution is 6.07. The van der Waals surface area contributed by atoms with Crippen molar-refractivity contribution < 1.29 is 19.2 Å². The van der Waals surface area contributed by atoms with Crippen LogP contribution in [0.25, 0.3) is 0 Å². The van der Waals surface area contributed by atoms with Gasteiger partial charge in [0.15, 0.2) is 0 Å². The zero-order valence-corrected chi connectivity index (χ0v) is 14.5. The van der Waals surface area contributed by atoms with Crippen LogP contribution in [0.15, 0.2) is 48.5 Å². The van der Waals surface area contributed by atoms with Gasteiger partial charge in [0.05, 0.1) is 17.8 Å². The number of carbonyl (C=O) groups is 3. The number of hydroxylamine groups is 2. The third-order valence-electron chi connectivity index (χ3n) is 6.50. The smallest absolute Gasteiger partial charge is 0.330 e. The van der Waals surface area contributed by atoms with Gasteiger partial charge >= 0.3 is 5.97 Å². The minimum Gasteiger partial charge on any atom is -0.330 e. The van der Waals surface area contributed by atoms with Gasteiger partial charge in [-0.1, -0.05) is 48.5 Å². The summed E-state index contributed by atoms with van der Waals surface area (Å²) in [6, 6.07) is 16.1. The van der Waals surface area contributed by atoms with E-state index < -0.39 is 17.8 Å². The number of hydrogen-bond donors (Lipinski definition) is 0. The van der Waals surface area contributed by atoms with Gasteiger partial charge in [-0.3, -0.25) is 9.59 Å². The Hall–Kier alpha value is -2.95. The summed E-state index contributed by atoms with van der Waals surface area (Å²) in [6.07, 6.45) is 1.54. The van der Waals surface area contributed by atoms with Crippen LogP contribution in [0.3, 0.4) is 0 Å². The van der Waals surface area contributed by atoms with Gasteiger partial charge in [-0.25, -0.2) is 4.79 Å². The number of rotatable bonds is 2. The van der Waals surface area contributed by atoms with Crippen molar-refractivity contribution in [3.05, 3.63) is 70.8 Å². The summed E-state index contributed by atoms with van der Waals surface area (Å²) in [5.41, 5.74) is 4.44. The molecular formula is C22H17NO4. The predicted molar refractivity (Wildman–Crippen MR) is 94.2 cm³/mol. The molecule has 27 heavy (non-hydrogen) atoms. The maximum absolute atomic E-state index is 13.2. The third kappa shape index (κ3) is 1.86. The van der Waals surface area contributed by atoms with Gasteiger partial charge in [0.2, 0.25) is 0 Å². The molecule has 0 radical (unpaired) electrons. The molecule has 2 atom stereocenters. The summed E-state index contributed by atoms with van der Waals surface area (Å²) in [5.74, 6) is -2.73. The van der Waals surface area contributed by atoms with E-state index in [-0.39, 0.29) is 29.6 Å². The molecule has 2 aromatic rings. The van der Waals surface area contributed by atoms with E-state index in [1.807, 2.05) is 24.3 Å². The standard InChI is InChI=1S/C22H17NO4/c24-20-18-16-12-5-1-2-6-13(12)17(15-8-4-3-7-14(15)16)19(18)21(25)23(20)27-22(26)11-9-10-11/h1-8,11,16-19H,9-10H2/t16?,17?,18-,19-/m0/s1. The van der Waals surface area contributed by atoms with E-state index in [9.17, 15) is 14.4 Å². The highest BCUT2D eigenvalue weighted by Crippen LogP contribution is 2.61. The van der Waals surface area contributed by atoms with Crippen molar-refractivity contribution >= 4 is 17.8 Å². The molecule has 0 spiro atoms. The monoisotopic (exact) mass is 359 g/mol. The number of amides is 2. The van der Waals surface area contributed by atoms with Gasteiger partial charge in [-0.15, -0.1) is 5.06 Å². The lowest BCUT2D eigenvalue weighted by Gasteiger charge is -2.45. The fourth-order valence-corrected chi connectivity index (χ4v) is 5.22. The van der Waals surface area contributed by atoms with Gasteiger partial charge < -0.3 is 4.84 Å². The van der Waals surface area contributed by atoms with Crippen molar-refractivity contribution in [3.8, 4) is 0 Å². The normalized spacial score (nSPS) is 30.0. The first-order valence-electron chi connectivity index (χ1n) is 9.44. The Bertz CT molecular complexity index is 909. The van der Waals surface area contributed by atoms with Crippen LogP contribution in [0, 0.1) is 17.8 Å². The first kappa shape index (κ1) is 15.1. The van der Waals surface area contributed by atoms with Gasteiger partial charge in [0, 0.05) is 11.8 Å². The van der Waals surface area contributed by atoms with Crippen molar-refractivity contribution in [2.75, 3.05) is 0 Å². The molecule has 1 aliphatic heterocycles. The maximum Gasteiger partial charge on any atom is 0.336 e. The Morgan fingerprint density at radius 2 is 1.19 bits per heavy atom. The lowest BCUT2D eigenvalue weighted by atomic mass is 9.55. The van der Waals surface area contributed by atoms with Crippen molar-refractivity contribution in [2.45, 2.75) is 24.7 Å². The molecule has 1 saturated carbocycles. The maximum atomic E-state index is 13.2. The Labute approximate surface area is 155 Å². The van der Waals surface area contributed by atoms with E-state index >= 15 is 0 Å². The zero-order valence-electron chi connectivity index (χ0n) is 14.5. The fraction of sp³-hybridized carbons (Fsp3) is 0.318. The first-order chi connectivity index (χ1) is 13.2. The third-order valence-corrected chi connectivity index (χ3v) is 6.50. The van der Waals surface area contributed by atoms with Crippen molar-refractivity contribution in [3.63, 3.8) is 0 Å². The van der Waals surface area contributed by atoms with Crippen LogP contribution < -0.4 is 0 Å². The van der Waals surface area contributed by atoms with E-state index in [2.05, 4.69) is 24.3 Å². The Kier molecular flexibility index (Phi) is 2.84. The Morgan fingerprint density at radius 1 is 0.778 bits per heavy atom. The van der Waals surface area contributed by atoms with E-state index in [0.29, 0.717) is 0 Å². The van der Waals surface area contributed by atoms with Gasteiger partial charge in [-0.05, 0) is 35.1 Å². The van der Waals surface area contributed by atoms with E-state index in [4.69, 9.17) is 4.84 Å². The second kappa shape index (κ2) is 5.06. The molecule has 134 valence electrons. The Balaban J connectivity index is 1.50. The lowest BCUT2D eigenvalue weighted by Crippen LogP contribution is -2.41. The zero-order chi connectivity index (χ0) is 18.3. The summed E-state index contributed by atoms with van der Waals surface area (Å²) in [6.45, 7) is 0. The lowest BCUT2D eigenvalue weighted by molar-refractivity contribution is -0.199. The second-order valence-corrected chi connectivity index (χ2v) is 7.92. The summed E-state index contributed by atoms with van der Waals surface area (Å²) < 4.78 is 0. The van der Waals surface area contributed by atoms with Crippen LogP contribution in [0.2, 0.25) is 0 Å². The highest BCUT2D eigenvalue weighted by Gasteiger charge is 2.63. The van der Waals surface area contributed by atoms with E-state index in [0.717, 1.165) is 40.2 Å². The minimum absolute atomic E-state index is 0.167. The molecule has 0 N–H and O–H groups in total. The highest BCUT2D eigenvalue weighted by atomic mass is 16.7. The molecule has 5 aliphatic rings. The molecule has 2 aromatic carbocycles. The molecule has 5 nitrogen and oxygen atoms in total. The van der Waals surface area contributed by atoms with Crippen LogP contribution >= 0.6 is 0 Å². The molecule has 2 amide bonds. The molecular weight excluding hydrogens is 342 g/mol. The number of hydrogen-bond acceptors (Lipinski definition) is 4. The van der Waals surface area contributed by atoms with Crippen LogP contribution in [0.1, 0.15) is 46.9 Å². The van der Waals surface area contributed by atoms with Crippen LogP contribution in [0.5, 0.6) is 0 Å². The van der Waals surface area contributed by atoms with Crippen LogP contribution in [-0.4, -0.2) is 22.8 Å². The molecule has 7 rings (SSSR count). The molecule has 0 aromatic heterocycles. The van der Waals surface area contributed by atoms with Gasteiger partial charge in [0.25, 0.3) is 11.8 Å². The van der Waals surface area contributed by atoms with Crippen molar-refractivity contribution in [1.82, 2.24) is 5.06 Å². The topological polar surface area (TPSA) is 63.7 Å². The number of nitrogens with zero attached hydrogens (tertiary/aromatic N) is 1. The Morgan fingerprint density at radius 3 is 1.56 bits per heavy atom. The van der Waals surface area contributed by atoms with Crippen molar-refractivity contribution in [2.24, 2.45) is 17.8 Å². The number of benzene rings is 2. The quantitative estimate of drug-likeness (QED) is 0.774. The van der Waals surface area contributed by atoms with Gasteiger partial charge in [-0.2, -0.15) is 0 Å². The molecule has 0 unspecified atom stereocenters. The summed E-state index contributed by atoms with van der Waals surface area (Å²) >= 11 is 0. The molecule has 1 heterocycles. The fourth-order valence-electron chi connectivity index (χ4n) is 5.22. The molecule has 1 saturated heterocycles. The number of imide groups is 1. The van der Waals surface area contributed by atoms with E-state index in [1.54, 1.807) is 0 Å². The largest absolute Gasteiger partial charge is 0.336 e. The average molecular weight is 359 g/mol. The number of carbonyl (C=O) groups excluding carboxylic acids is 3. The predicted octanol–water partition coefficient (Wildman–Crippen LogP) is 2.75. The summed E-state index contributed by atoms with van der Waals surface area (Å²) in [4.78, 5) is 43.7. The molecule has 2 bridgehead atoms. The minimum atomic E-state index is -0.501. The van der Waals surface area contributed by atoms with E-state index in [1.165, 1.54) is 0 Å². The van der Waals surface area contributed by atoms with Gasteiger partial charge in [0.1, 0.15) is 0 Å². The molecule has 2 fully saturated rings. The van der Waals surface area contributed by atoms with Crippen LogP contribution in [-0.2, 0) is 19.2 Å². The van der Waals surface area contributed by atoms with Crippen molar-refractivity contribution in [1.29, 1.82) is 0 Å². The summed E-state index contributed by atoms with van der Waals surface area (Å²) in [5, 5.41) is 0.772. The first-order valence-corrected chi connectivity index (χ1v) is 9.44. The van der Waals surface area contributed by atoms with Crippen LogP contribution in [0.4, 0.5) is 0 Å². The summed E-state index contributed by atoms with van der Waals surface area (Å²) in [7, 11) is 0. The average Bonchev–Trinajstić information content (AvgIpc) is 3.52. The SMILES string of the molecule is O=C(ON1C(=O)[C@H]2C3c4ccccc4C(c4ccccc43)[C@@H]2C1=O)C1CC1.